The minimum atomic E-state index is -0.481. The average molecular weight is 381 g/mol. The van der Waals surface area contributed by atoms with Crippen molar-refractivity contribution >= 4 is 46.6 Å². The van der Waals surface area contributed by atoms with Crippen molar-refractivity contribution in [2.75, 3.05) is 23.5 Å². The van der Waals surface area contributed by atoms with Crippen molar-refractivity contribution in [2.45, 2.75) is 31.8 Å². The normalized spacial score (nSPS) is 10.4. The Morgan fingerprint density at radius 1 is 1.28 bits per heavy atom. The number of benzene rings is 1. The molecule has 8 heteroatoms. The standard InChI is InChI=1S/C17H21ClN4O2S/c1-4-5-8-24-17(23)20-12-7-6-11(2)9-13(12)19-15-10-14(18)21-16(22-15)25-3/h6-7,9-10H,4-5,8H2,1-3H3,(H,20,23)(H,19,21,22). The fourth-order valence-corrected chi connectivity index (χ4v) is 2.63. The van der Waals surface area contributed by atoms with Gasteiger partial charge in [0.25, 0.3) is 0 Å². The topological polar surface area (TPSA) is 76.1 Å². The summed E-state index contributed by atoms with van der Waals surface area (Å²) in [5.41, 5.74) is 2.35. The van der Waals surface area contributed by atoms with Gasteiger partial charge >= 0.3 is 6.09 Å². The molecule has 0 saturated heterocycles. The molecule has 0 bridgehead atoms. The van der Waals surface area contributed by atoms with E-state index < -0.39 is 6.09 Å². The van der Waals surface area contributed by atoms with E-state index in [0.29, 0.717) is 34.1 Å². The summed E-state index contributed by atoms with van der Waals surface area (Å²) < 4.78 is 5.15. The molecule has 134 valence electrons. The monoisotopic (exact) mass is 380 g/mol. The van der Waals surface area contributed by atoms with E-state index in [1.807, 2.05) is 38.3 Å². The molecule has 0 radical (unpaired) electrons. The molecular weight excluding hydrogens is 360 g/mol. The summed E-state index contributed by atoms with van der Waals surface area (Å²) in [6.45, 7) is 4.41. The lowest BCUT2D eigenvalue weighted by Gasteiger charge is -2.14. The van der Waals surface area contributed by atoms with Gasteiger partial charge in [-0.05, 0) is 37.3 Å². The third kappa shape index (κ3) is 6.10. The maximum atomic E-state index is 11.9. The number of amides is 1. The number of aryl methyl sites for hydroxylation is 1. The Balaban J connectivity index is 2.18. The van der Waals surface area contributed by atoms with Crippen LogP contribution in [0.2, 0.25) is 5.15 Å². The molecule has 1 amide bonds. The number of carbonyl (C=O) groups is 1. The Bertz CT molecular complexity index is 743. The second-order valence-corrected chi connectivity index (χ2v) is 6.51. The van der Waals surface area contributed by atoms with Crippen LogP contribution in [0.25, 0.3) is 0 Å². The van der Waals surface area contributed by atoms with Gasteiger partial charge in [-0.3, -0.25) is 5.32 Å². The third-order valence-corrected chi connectivity index (χ3v) is 4.00. The summed E-state index contributed by atoms with van der Waals surface area (Å²) in [5, 5.41) is 6.85. The lowest BCUT2D eigenvalue weighted by atomic mass is 10.2. The highest BCUT2D eigenvalue weighted by molar-refractivity contribution is 7.98. The summed E-state index contributed by atoms with van der Waals surface area (Å²) in [6, 6.07) is 7.27. The van der Waals surface area contributed by atoms with Gasteiger partial charge in [0.15, 0.2) is 5.16 Å². The van der Waals surface area contributed by atoms with Crippen LogP contribution in [0.1, 0.15) is 25.3 Å². The highest BCUT2D eigenvalue weighted by Gasteiger charge is 2.10. The Hall–Kier alpha value is -1.99. The van der Waals surface area contributed by atoms with Crippen LogP contribution in [-0.2, 0) is 4.74 Å². The van der Waals surface area contributed by atoms with E-state index in [9.17, 15) is 4.79 Å². The van der Waals surface area contributed by atoms with Crippen molar-refractivity contribution in [3.63, 3.8) is 0 Å². The largest absolute Gasteiger partial charge is 0.449 e. The highest BCUT2D eigenvalue weighted by atomic mass is 35.5. The third-order valence-electron chi connectivity index (χ3n) is 3.26. The molecule has 0 spiro atoms. The summed E-state index contributed by atoms with van der Waals surface area (Å²) in [6.07, 6.45) is 3.20. The fourth-order valence-electron chi connectivity index (χ4n) is 2.02. The minimum Gasteiger partial charge on any atom is -0.449 e. The SMILES string of the molecule is CCCCOC(=O)Nc1ccc(C)cc1Nc1cc(Cl)nc(SC)n1. The summed E-state index contributed by atoms with van der Waals surface area (Å²) in [4.78, 5) is 20.4. The first-order chi connectivity index (χ1) is 12.0. The van der Waals surface area contributed by atoms with Crippen molar-refractivity contribution in [3.05, 3.63) is 35.0 Å². The van der Waals surface area contributed by atoms with Gasteiger partial charge in [0.1, 0.15) is 11.0 Å². The molecule has 0 aliphatic heterocycles. The number of rotatable bonds is 7. The molecule has 6 nitrogen and oxygen atoms in total. The Morgan fingerprint density at radius 2 is 2.08 bits per heavy atom. The van der Waals surface area contributed by atoms with E-state index in [4.69, 9.17) is 16.3 Å². The van der Waals surface area contributed by atoms with Crippen molar-refractivity contribution in [3.8, 4) is 0 Å². The molecule has 0 saturated carbocycles. The summed E-state index contributed by atoms with van der Waals surface area (Å²) >= 11 is 7.43. The number of ether oxygens (including phenoxy) is 1. The molecule has 25 heavy (non-hydrogen) atoms. The van der Waals surface area contributed by atoms with Crippen molar-refractivity contribution in [2.24, 2.45) is 0 Å². The first-order valence-corrected chi connectivity index (χ1v) is 9.52. The van der Waals surface area contributed by atoms with Crippen molar-refractivity contribution in [1.82, 2.24) is 9.97 Å². The van der Waals surface area contributed by atoms with Crippen LogP contribution < -0.4 is 10.6 Å². The van der Waals surface area contributed by atoms with E-state index in [1.54, 1.807) is 6.07 Å². The van der Waals surface area contributed by atoms with Crippen LogP contribution >= 0.6 is 23.4 Å². The van der Waals surface area contributed by atoms with Crippen LogP contribution in [0, 0.1) is 6.92 Å². The maximum Gasteiger partial charge on any atom is 0.411 e. The Labute approximate surface area is 156 Å². The van der Waals surface area contributed by atoms with Gasteiger partial charge in [-0.25, -0.2) is 14.8 Å². The maximum absolute atomic E-state index is 11.9. The van der Waals surface area contributed by atoms with Crippen LogP contribution in [0.4, 0.5) is 22.0 Å². The lowest BCUT2D eigenvalue weighted by molar-refractivity contribution is 0.160. The molecule has 2 N–H and O–H groups in total. The first-order valence-electron chi connectivity index (χ1n) is 7.92. The molecule has 1 aromatic carbocycles. The molecule has 0 unspecified atom stereocenters. The van der Waals surface area contributed by atoms with Crippen LogP contribution in [0.3, 0.4) is 0 Å². The van der Waals surface area contributed by atoms with Gasteiger partial charge in [-0.2, -0.15) is 0 Å². The van der Waals surface area contributed by atoms with Gasteiger partial charge in [0, 0.05) is 6.07 Å². The van der Waals surface area contributed by atoms with E-state index in [0.717, 1.165) is 18.4 Å². The van der Waals surface area contributed by atoms with Crippen molar-refractivity contribution in [1.29, 1.82) is 0 Å². The molecule has 2 aromatic rings. The average Bonchev–Trinajstić information content (AvgIpc) is 2.57. The summed E-state index contributed by atoms with van der Waals surface area (Å²) in [5.74, 6) is 0.553. The van der Waals surface area contributed by atoms with Crippen LogP contribution in [-0.4, -0.2) is 28.9 Å². The number of halogens is 1. The fraction of sp³-hybridized carbons (Fsp3) is 0.353. The van der Waals surface area contributed by atoms with Crippen LogP contribution in [0.15, 0.2) is 29.4 Å². The zero-order chi connectivity index (χ0) is 18.2. The Morgan fingerprint density at radius 3 is 2.80 bits per heavy atom. The number of unbranched alkanes of at least 4 members (excludes halogenated alkanes) is 1. The Kier molecular flexibility index (Phi) is 7.33. The van der Waals surface area contributed by atoms with Gasteiger partial charge in [0.05, 0.1) is 18.0 Å². The minimum absolute atomic E-state index is 0.350. The van der Waals surface area contributed by atoms with Crippen molar-refractivity contribution < 1.29 is 9.53 Å². The smallest absolute Gasteiger partial charge is 0.411 e. The van der Waals surface area contributed by atoms with Gasteiger partial charge in [0.2, 0.25) is 0 Å². The van der Waals surface area contributed by atoms with Crippen LogP contribution in [0.5, 0.6) is 0 Å². The van der Waals surface area contributed by atoms with E-state index in [1.165, 1.54) is 11.8 Å². The number of hydrogen-bond acceptors (Lipinski definition) is 6. The first kappa shape index (κ1) is 19.3. The number of hydrogen-bond donors (Lipinski definition) is 2. The predicted molar refractivity (Wildman–Crippen MR) is 103 cm³/mol. The molecule has 2 rings (SSSR count). The zero-order valence-electron chi connectivity index (χ0n) is 14.4. The number of thioether (sulfide) groups is 1. The lowest BCUT2D eigenvalue weighted by Crippen LogP contribution is -2.15. The number of anilines is 3. The zero-order valence-corrected chi connectivity index (χ0v) is 16.0. The molecule has 0 atom stereocenters. The number of aromatic nitrogens is 2. The van der Waals surface area contributed by atoms with E-state index in [-0.39, 0.29) is 0 Å². The number of carbonyl (C=O) groups excluding carboxylic acids is 1. The second kappa shape index (κ2) is 9.48. The highest BCUT2D eigenvalue weighted by Crippen LogP contribution is 2.28. The number of nitrogens with zero attached hydrogens (tertiary/aromatic N) is 2. The molecular formula is C17H21ClN4O2S. The van der Waals surface area contributed by atoms with Gasteiger partial charge in [-0.1, -0.05) is 42.8 Å². The van der Waals surface area contributed by atoms with Gasteiger partial charge in [-0.15, -0.1) is 0 Å². The van der Waals surface area contributed by atoms with E-state index in [2.05, 4.69) is 20.6 Å². The predicted octanol–water partition coefficient (Wildman–Crippen LogP) is 5.25. The molecule has 0 fully saturated rings. The second-order valence-electron chi connectivity index (χ2n) is 5.35. The molecule has 1 heterocycles. The summed E-state index contributed by atoms with van der Waals surface area (Å²) in [7, 11) is 0. The number of nitrogens with one attached hydrogen (secondary N) is 2. The molecule has 0 aliphatic rings. The quantitative estimate of drug-likeness (QED) is 0.295. The van der Waals surface area contributed by atoms with Gasteiger partial charge < -0.3 is 10.1 Å². The molecule has 1 aromatic heterocycles. The van der Waals surface area contributed by atoms with E-state index >= 15 is 0 Å². The molecule has 0 aliphatic carbocycles.